The molecule has 0 bridgehead atoms. The summed E-state index contributed by atoms with van der Waals surface area (Å²) in [5.74, 6) is -5.66. The normalized spacial score (nSPS) is 18.0. The van der Waals surface area contributed by atoms with E-state index in [1.165, 1.54) is 24.3 Å². The van der Waals surface area contributed by atoms with Gasteiger partial charge in [-0.25, -0.2) is 13.2 Å². The second-order valence-corrected chi connectivity index (χ2v) is 7.42. The highest BCUT2D eigenvalue weighted by Gasteiger charge is 2.31. The summed E-state index contributed by atoms with van der Waals surface area (Å²) in [6, 6.07) is 6.38. The molecule has 3 N–H and O–H groups in total. The van der Waals surface area contributed by atoms with E-state index in [0.717, 1.165) is 6.07 Å². The zero-order chi connectivity index (χ0) is 22.3. The van der Waals surface area contributed by atoms with E-state index in [2.05, 4.69) is 15.6 Å². The maximum absolute atomic E-state index is 14.4. The minimum Gasteiger partial charge on any atom is -0.354 e. The topological polar surface area (TPSA) is 74.0 Å². The van der Waals surface area contributed by atoms with E-state index in [4.69, 9.17) is 15.7 Å². The van der Waals surface area contributed by atoms with Crippen molar-refractivity contribution in [1.82, 2.24) is 15.6 Å². The molecule has 0 aliphatic carbocycles. The fourth-order valence-corrected chi connectivity index (χ4v) is 3.77. The second-order valence-electron chi connectivity index (χ2n) is 7.42. The Bertz CT molecular complexity index is 1170. The summed E-state index contributed by atoms with van der Waals surface area (Å²) in [5, 5.41) is 5.26. The molecule has 2 aromatic carbocycles. The Hall–Kier alpha value is -3.16. The SMILES string of the molecule is [B]C(C(=O)NC1CCNC1=O)C([B])c1c(-c2ccc(F)cc2)[nH]c2c(F)cc(F)cc12. The highest BCUT2D eigenvalue weighted by Crippen LogP contribution is 2.39. The smallest absolute Gasteiger partial charge is 0.242 e. The number of carbonyl (C=O) groups excluding carboxylic acids is 2. The van der Waals surface area contributed by atoms with Crippen LogP contribution in [0, 0.1) is 17.5 Å². The number of benzene rings is 2. The van der Waals surface area contributed by atoms with Crippen molar-refractivity contribution in [3.8, 4) is 11.3 Å². The first-order chi connectivity index (χ1) is 14.8. The lowest BCUT2D eigenvalue weighted by Gasteiger charge is -2.23. The van der Waals surface area contributed by atoms with Crippen molar-refractivity contribution in [2.75, 3.05) is 6.54 Å². The van der Waals surface area contributed by atoms with E-state index in [9.17, 15) is 22.8 Å². The van der Waals surface area contributed by atoms with Crippen LogP contribution in [0.15, 0.2) is 36.4 Å². The zero-order valence-electron chi connectivity index (χ0n) is 16.2. The Labute approximate surface area is 178 Å². The fraction of sp³-hybridized carbons (Fsp3) is 0.238. The molecular formula is C21H16B2F3N3O2. The van der Waals surface area contributed by atoms with E-state index in [1.807, 2.05) is 0 Å². The molecule has 3 unspecified atom stereocenters. The number of rotatable bonds is 5. The summed E-state index contributed by atoms with van der Waals surface area (Å²) in [5.41, 5.74) is 0.923. The first kappa shape index (κ1) is 21.1. The Morgan fingerprint density at radius 1 is 1.10 bits per heavy atom. The van der Waals surface area contributed by atoms with Crippen molar-refractivity contribution in [1.29, 1.82) is 0 Å². The predicted molar refractivity (Wildman–Crippen MR) is 111 cm³/mol. The molecule has 10 heteroatoms. The molecule has 2 heterocycles. The number of aromatic nitrogens is 1. The third-order valence-electron chi connectivity index (χ3n) is 5.39. The van der Waals surface area contributed by atoms with E-state index in [0.29, 0.717) is 24.6 Å². The van der Waals surface area contributed by atoms with Gasteiger partial charge in [0.25, 0.3) is 0 Å². The summed E-state index contributed by atoms with van der Waals surface area (Å²) in [6.07, 6.45) is 0.414. The highest BCUT2D eigenvalue weighted by molar-refractivity contribution is 6.31. The number of aromatic amines is 1. The number of fused-ring (bicyclic) bond motifs is 1. The average molecular weight is 421 g/mol. The summed E-state index contributed by atoms with van der Waals surface area (Å²) in [4.78, 5) is 27.2. The monoisotopic (exact) mass is 421 g/mol. The molecule has 2 amide bonds. The molecule has 4 rings (SSSR count). The van der Waals surface area contributed by atoms with E-state index < -0.39 is 41.0 Å². The fourth-order valence-electron chi connectivity index (χ4n) is 3.77. The van der Waals surface area contributed by atoms with Gasteiger partial charge >= 0.3 is 0 Å². The van der Waals surface area contributed by atoms with Crippen LogP contribution in [0.2, 0.25) is 5.82 Å². The lowest BCUT2D eigenvalue weighted by Crippen LogP contribution is -2.42. The van der Waals surface area contributed by atoms with Crippen molar-refractivity contribution in [2.45, 2.75) is 24.1 Å². The van der Waals surface area contributed by atoms with Crippen LogP contribution in [-0.4, -0.2) is 45.1 Å². The number of H-pyrrole nitrogens is 1. The largest absolute Gasteiger partial charge is 0.354 e. The molecule has 4 radical (unpaired) electrons. The Kier molecular flexibility index (Phi) is 5.56. The minimum absolute atomic E-state index is 0.0195. The summed E-state index contributed by atoms with van der Waals surface area (Å²) >= 11 is 0. The van der Waals surface area contributed by atoms with Gasteiger partial charge in [0.05, 0.1) is 21.2 Å². The van der Waals surface area contributed by atoms with Crippen LogP contribution in [-0.2, 0) is 9.59 Å². The van der Waals surface area contributed by atoms with Gasteiger partial charge in [0.2, 0.25) is 11.8 Å². The Morgan fingerprint density at radius 2 is 1.81 bits per heavy atom. The molecule has 154 valence electrons. The Balaban J connectivity index is 1.77. The number of hydrogen-bond donors (Lipinski definition) is 3. The van der Waals surface area contributed by atoms with Crippen LogP contribution in [0.5, 0.6) is 0 Å². The van der Waals surface area contributed by atoms with Crippen molar-refractivity contribution in [3.05, 3.63) is 59.4 Å². The summed E-state index contributed by atoms with van der Waals surface area (Å²) in [6.45, 7) is 0.431. The standard InChI is InChI=1S/C21H16B2F3N3O2/c22-16(17(23)21(31)28-14-5-6-27-20(14)30)15-12-7-11(25)8-13(26)19(12)29-18(15)9-1-3-10(24)4-2-9/h1-4,7-8,14,16-17,29H,5-6H2,(H,27,30)(H,28,31). The molecule has 3 atom stereocenters. The number of amides is 2. The van der Waals surface area contributed by atoms with Crippen LogP contribution in [0.3, 0.4) is 0 Å². The average Bonchev–Trinajstić information content (AvgIpc) is 3.31. The van der Waals surface area contributed by atoms with Gasteiger partial charge in [0, 0.05) is 23.7 Å². The molecule has 1 aromatic heterocycles. The molecule has 5 nitrogen and oxygen atoms in total. The van der Waals surface area contributed by atoms with Crippen molar-refractivity contribution >= 4 is 38.4 Å². The van der Waals surface area contributed by atoms with Gasteiger partial charge in [0.1, 0.15) is 23.5 Å². The number of hydrogen-bond acceptors (Lipinski definition) is 2. The lowest BCUT2D eigenvalue weighted by atomic mass is 9.62. The molecule has 1 saturated heterocycles. The van der Waals surface area contributed by atoms with Gasteiger partial charge in [-0.3, -0.25) is 9.59 Å². The van der Waals surface area contributed by atoms with Gasteiger partial charge < -0.3 is 15.6 Å². The van der Waals surface area contributed by atoms with Crippen LogP contribution in [0.4, 0.5) is 13.2 Å². The minimum atomic E-state index is -1.32. The molecule has 0 saturated carbocycles. The lowest BCUT2D eigenvalue weighted by molar-refractivity contribution is -0.127. The Morgan fingerprint density at radius 3 is 2.45 bits per heavy atom. The second kappa shape index (κ2) is 8.17. The molecule has 1 fully saturated rings. The quantitative estimate of drug-likeness (QED) is 0.554. The molecule has 3 aromatic rings. The van der Waals surface area contributed by atoms with Crippen molar-refractivity contribution < 1.29 is 22.8 Å². The molecule has 1 aliphatic heterocycles. The number of halogens is 3. The third kappa shape index (κ3) is 3.94. The number of carbonyl (C=O) groups is 2. The van der Waals surface area contributed by atoms with Gasteiger partial charge in [-0.15, -0.1) is 0 Å². The maximum atomic E-state index is 14.4. The number of nitrogens with one attached hydrogen (secondary N) is 3. The maximum Gasteiger partial charge on any atom is 0.242 e. The van der Waals surface area contributed by atoms with Crippen LogP contribution in [0.1, 0.15) is 17.8 Å². The molecule has 1 aliphatic rings. The van der Waals surface area contributed by atoms with Crippen LogP contribution < -0.4 is 10.6 Å². The molecule has 0 spiro atoms. The van der Waals surface area contributed by atoms with Crippen molar-refractivity contribution in [2.24, 2.45) is 0 Å². The van der Waals surface area contributed by atoms with Crippen LogP contribution >= 0.6 is 0 Å². The van der Waals surface area contributed by atoms with Gasteiger partial charge in [-0.1, -0.05) is 0 Å². The summed E-state index contributed by atoms with van der Waals surface area (Å²) < 4.78 is 41.8. The van der Waals surface area contributed by atoms with Gasteiger partial charge in [-0.2, -0.15) is 0 Å². The highest BCUT2D eigenvalue weighted by atomic mass is 19.1. The summed E-state index contributed by atoms with van der Waals surface area (Å²) in [7, 11) is 12.4. The molecular weight excluding hydrogens is 405 g/mol. The van der Waals surface area contributed by atoms with Crippen molar-refractivity contribution in [3.63, 3.8) is 0 Å². The van der Waals surface area contributed by atoms with E-state index >= 15 is 0 Å². The van der Waals surface area contributed by atoms with E-state index in [1.54, 1.807) is 0 Å². The zero-order valence-corrected chi connectivity index (χ0v) is 16.2. The van der Waals surface area contributed by atoms with Gasteiger partial charge in [0.15, 0.2) is 0 Å². The first-order valence-electron chi connectivity index (χ1n) is 9.62. The van der Waals surface area contributed by atoms with E-state index in [-0.39, 0.29) is 28.1 Å². The third-order valence-corrected chi connectivity index (χ3v) is 5.39. The predicted octanol–water partition coefficient (Wildman–Crippen LogP) is 2.42. The van der Waals surface area contributed by atoms with Crippen LogP contribution in [0.25, 0.3) is 22.2 Å². The first-order valence-corrected chi connectivity index (χ1v) is 9.62. The van der Waals surface area contributed by atoms with Gasteiger partial charge in [-0.05, 0) is 59.5 Å². The molecule has 31 heavy (non-hydrogen) atoms.